The third-order valence-corrected chi connectivity index (χ3v) is 6.24. The molecule has 1 fully saturated rings. The van der Waals surface area contributed by atoms with E-state index in [2.05, 4.69) is 15.4 Å². The number of anilines is 2. The predicted molar refractivity (Wildman–Crippen MR) is 123 cm³/mol. The molecule has 1 N–H and O–H groups in total. The minimum atomic E-state index is -0.461. The van der Waals surface area contributed by atoms with Crippen LogP contribution in [0.25, 0.3) is 16.6 Å². The van der Waals surface area contributed by atoms with Gasteiger partial charge in [-0.05, 0) is 61.4 Å². The number of oxazole rings is 1. The van der Waals surface area contributed by atoms with Crippen LogP contribution in [0.5, 0.6) is 0 Å². The third kappa shape index (κ3) is 3.45. The van der Waals surface area contributed by atoms with Crippen LogP contribution in [0.2, 0.25) is 0 Å². The highest BCUT2D eigenvalue weighted by atomic mass is 19.1. The van der Waals surface area contributed by atoms with Gasteiger partial charge in [-0.3, -0.25) is 4.79 Å². The van der Waals surface area contributed by atoms with E-state index in [9.17, 15) is 13.6 Å². The first-order chi connectivity index (χ1) is 16.6. The molecule has 2 aromatic carbocycles. The van der Waals surface area contributed by atoms with Crippen molar-refractivity contribution in [2.75, 3.05) is 16.8 Å². The Hall–Kier alpha value is -4.27. The molecule has 1 saturated heterocycles. The molecule has 34 heavy (non-hydrogen) atoms. The molecule has 3 aromatic heterocycles. The first-order valence-corrected chi connectivity index (χ1v) is 10.9. The average Bonchev–Trinajstić information content (AvgIpc) is 3.59. The average molecular weight is 459 g/mol. The minimum Gasteiger partial charge on any atom is -0.443 e. The summed E-state index contributed by atoms with van der Waals surface area (Å²) in [5.41, 5.74) is 4.03. The highest BCUT2D eigenvalue weighted by molar-refractivity contribution is 6.09. The van der Waals surface area contributed by atoms with Crippen LogP contribution < -0.4 is 10.2 Å². The van der Waals surface area contributed by atoms with Gasteiger partial charge in [0.2, 0.25) is 0 Å². The van der Waals surface area contributed by atoms with Crippen LogP contribution in [0.4, 0.5) is 20.2 Å². The van der Waals surface area contributed by atoms with Gasteiger partial charge in [-0.25, -0.2) is 18.3 Å². The molecule has 170 valence electrons. The number of benzene rings is 2. The van der Waals surface area contributed by atoms with Crippen molar-refractivity contribution in [3.8, 4) is 0 Å². The summed E-state index contributed by atoms with van der Waals surface area (Å²) < 4.78 is 35.2. The maximum absolute atomic E-state index is 14.5. The molecule has 6 rings (SSSR count). The quantitative estimate of drug-likeness (QED) is 0.392. The van der Waals surface area contributed by atoms with Gasteiger partial charge < -0.3 is 14.6 Å². The van der Waals surface area contributed by atoms with Crippen molar-refractivity contribution >= 4 is 33.9 Å². The second-order valence-electron chi connectivity index (χ2n) is 8.28. The summed E-state index contributed by atoms with van der Waals surface area (Å²) in [5, 5.41) is 7.17. The van der Waals surface area contributed by atoms with E-state index >= 15 is 0 Å². The number of nitrogens with zero attached hydrogens (tertiary/aromatic N) is 4. The number of hydrogen-bond donors (Lipinski definition) is 1. The summed E-state index contributed by atoms with van der Waals surface area (Å²) in [4.78, 5) is 19.2. The van der Waals surface area contributed by atoms with E-state index in [0.29, 0.717) is 46.4 Å². The molecule has 1 aliphatic rings. The summed E-state index contributed by atoms with van der Waals surface area (Å²) in [7, 11) is 0. The monoisotopic (exact) mass is 459 g/mol. The van der Waals surface area contributed by atoms with Crippen molar-refractivity contribution in [3.63, 3.8) is 0 Å². The highest BCUT2D eigenvalue weighted by Gasteiger charge is 2.29. The zero-order chi connectivity index (χ0) is 23.2. The number of nitrogens with one attached hydrogen (secondary N) is 1. The van der Waals surface area contributed by atoms with Gasteiger partial charge in [0.25, 0.3) is 5.91 Å². The van der Waals surface area contributed by atoms with Crippen molar-refractivity contribution in [2.45, 2.75) is 18.9 Å². The van der Waals surface area contributed by atoms with E-state index in [-0.39, 0.29) is 11.9 Å². The molecule has 0 bridgehead atoms. The molecule has 1 amide bonds. The van der Waals surface area contributed by atoms with E-state index < -0.39 is 11.6 Å². The van der Waals surface area contributed by atoms with Gasteiger partial charge in [-0.15, -0.1) is 0 Å². The maximum atomic E-state index is 14.5. The van der Waals surface area contributed by atoms with Crippen molar-refractivity contribution < 1.29 is 18.0 Å². The van der Waals surface area contributed by atoms with Gasteiger partial charge in [-0.1, -0.05) is 0 Å². The third-order valence-electron chi connectivity index (χ3n) is 6.24. The van der Waals surface area contributed by atoms with Gasteiger partial charge in [0.05, 0.1) is 23.3 Å². The number of pyridine rings is 1. The number of aromatic nitrogens is 3. The number of hydrogen-bond acceptors (Lipinski definition) is 5. The minimum absolute atomic E-state index is 0.285. The predicted octanol–water partition coefficient (Wildman–Crippen LogP) is 5.35. The number of rotatable bonds is 4. The first-order valence-electron chi connectivity index (χ1n) is 10.9. The summed E-state index contributed by atoms with van der Waals surface area (Å²) in [5.74, 6) is -1.20. The van der Waals surface area contributed by atoms with Crippen molar-refractivity contribution in [2.24, 2.45) is 0 Å². The normalized spacial score (nSPS) is 15.9. The Bertz CT molecular complexity index is 1540. The van der Waals surface area contributed by atoms with Gasteiger partial charge in [0, 0.05) is 29.7 Å². The van der Waals surface area contributed by atoms with Gasteiger partial charge in [-0.2, -0.15) is 5.10 Å². The zero-order valence-electron chi connectivity index (χ0n) is 17.9. The van der Waals surface area contributed by atoms with Crippen LogP contribution in [0.3, 0.4) is 0 Å². The van der Waals surface area contributed by atoms with Crippen LogP contribution >= 0.6 is 0 Å². The molecule has 7 nitrogen and oxygen atoms in total. The van der Waals surface area contributed by atoms with Crippen LogP contribution in [0, 0.1) is 11.6 Å². The van der Waals surface area contributed by atoms with E-state index in [1.165, 1.54) is 24.7 Å². The highest BCUT2D eigenvalue weighted by Crippen LogP contribution is 2.38. The largest absolute Gasteiger partial charge is 0.443 e. The van der Waals surface area contributed by atoms with E-state index in [4.69, 9.17) is 4.42 Å². The molecule has 1 aliphatic heterocycles. The van der Waals surface area contributed by atoms with Gasteiger partial charge >= 0.3 is 0 Å². The Kier molecular flexibility index (Phi) is 4.75. The van der Waals surface area contributed by atoms with Crippen LogP contribution in [0.1, 0.15) is 34.8 Å². The Morgan fingerprint density at radius 1 is 1.12 bits per heavy atom. The molecule has 1 atom stereocenters. The summed E-state index contributed by atoms with van der Waals surface area (Å²) in [6.45, 7) is 0.699. The second kappa shape index (κ2) is 7.95. The summed E-state index contributed by atoms with van der Waals surface area (Å²) in [6.07, 6.45) is 6.19. The summed E-state index contributed by atoms with van der Waals surface area (Å²) in [6, 6.07) is 12.2. The smallest absolute Gasteiger partial charge is 0.259 e. The van der Waals surface area contributed by atoms with Crippen LogP contribution in [0.15, 0.2) is 71.7 Å². The number of fused-ring (bicyclic) bond motifs is 2. The first kappa shape index (κ1) is 20.3. The number of carbonyl (C=O) groups is 1. The molecular formula is C25H19F2N5O2. The molecule has 4 heterocycles. The summed E-state index contributed by atoms with van der Waals surface area (Å²) >= 11 is 0. The fraction of sp³-hybridized carbons (Fsp3) is 0.160. The Balaban J connectivity index is 1.32. The second-order valence-corrected chi connectivity index (χ2v) is 8.28. The van der Waals surface area contributed by atoms with Gasteiger partial charge in [0.1, 0.15) is 17.2 Å². The lowest BCUT2D eigenvalue weighted by atomic mass is 10.0. The van der Waals surface area contributed by atoms with Crippen LogP contribution in [-0.2, 0) is 0 Å². The molecule has 9 heteroatoms. The molecule has 0 radical (unpaired) electrons. The lowest BCUT2D eigenvalue weighted by Crippen LogP contribution is -2.23. The molecule has 5 aromatic rings. The van der Waals surface area contributed by atoms with E-state index in [0.717, 1.165) is 18.2 Å². The Labute approximate surface area is 192 Å². The van der Waals surface area contributed by atoms with Crippen molar-refractivity contribution in [3.05, 3.63) is 90.1 Å². The van der Waals surface area contributed by atoms with Gasteiger partial charge in [0.15, 0.2) is 12.0 Å². The number of amides is 1. The number of halogens is 2. The lowest BCUT2D eigenvalue weighted by molar-refractivity contribution is 0.102. The van der Waals surface area contributed by atoms with Crippen molar-refractivity contribution in [1.82, 2.24) is 14.6 Å². The fourth-order valence-electron chi connectivity index (χ4n) is 4.63. The Morgan fingerprint density at radius 3 is 2.94 bits per heavy atom. The molecule has 0 unspecified atom stereocenters. The number of carbonyl (C=O) groups excluding carboxylic acids is 1. The Morgan fingerprint density at radius 2 is 2.03 bits per heavy atom. The zero-order valence-corrected chi connectivity index (χ0v) is 17.9. The van der Waals surface area contributed by atoms with E-state index in [1.807, 2.05) is 17.0 Å². The van der Waals surface area contributed by atoms with Crippen molar-refractivity contribution in [1.29, 1.82) is 0 Å². The molecule has 0 spiro atoms. The fourth-order valence-corrected chi connectivity index (χ4v) is 4.63. The molecule has 0 aliphatic carbocycles. The molecule has 0 saturated carbocycles. The van der Waals surface area contributed by atoms with Crippen LogP contribution in [-0.4, -0.2) is 27.0 Å². The lowest BCUT2D eigenvalue weighted by Gasteiger charge is -2.27. The topological polar surface area (TPSA) is 75.7 Å². The maximum Gasteiger partial charge on any atom is 0.259 e. The standard InChI is InChI=1S/C25H19F2N5O2/c26-15-3-5-20(27)18(10-15)22-2-1-8-31(22)17-7-9-32-23(12-17)19(13-29-32)25(33)30-16-4-6-24-21(11-16)28-14-34-24/h3-7,9-14,22H,1-2,8H2,(H,30,33)/t22-/m1/s1. The SMILES string of the molecule is O=C(Nc1ccc2ocnc2c1)c1cnn2ccc(N3CCC[C@@H]3c3cc(F)ccc3F)cc12. The van der Waals surface area contributed by atoms with E-state index in [1.54, 1.807) is 28.9 Å². The molecular weight excluding hydrogens is 440 g/mol.